The fraction of sp³-hybridized carbons (Fsp3) is 0.538. The lowest BCUT2D eigenvalue weighted by atomic mass is 9.84. The first-order chi connectivity index (χ1) is 7.58. The molecule has 0 amide bonds. The molecular formula is C13H17F3O. The average Bonchev–Trinajstić information content (AvgIpc) is 2.15. The van der Waals surface area contributed by atoms with Crippen molar-refractivity contribution in [2.45, 2.75) is 45.1 Å². The Balaban J connectivity index is 3.39. The van der Waals surface area contributed by atoms with Crippen LogP contribution >= 0.6 is 0 Å². The van der Waals surface area contributed by atoms with E-state index >= 15 is 0 Å². The molecule has 0 heterocycles. The lowest BCUT2D eigenvalue weighted by molar-refractivity contribution is -0.108. The number of rotatable bonds is 2. The number of hydrogen-bond acceptors (Lipinski definition) is 1. The number of alkyl halides is 2. The molecule has 0 unspecified atom stereocenters. The van der Waals surface area contributed by atoms with Crippen LogP contribution in [0.15, 0.2) is 18.2 Å². The molecule has 0 aliphatic heterocycles. The Kier molecular flexibility index (Phi) is 3.58. The number of aliphatic hydroxyl groups excluding tert-OH is 1. The van der Waals surface area contributed by atoms with E-state index in [-0.39, 0.29) is 5.56 Å². The molecule has 1 aromatic rings. The smallest absolute Gasteiger partial charge is 0.301 e. The average molecular weight is 246 g/mol. The first-order valence-electron chi connectivity index (χ1n) is 5.44. The molecule has 0 saturated heterocycles. The van der Waals surface area contributed by atoms with E-state index < -0.39 is 28.8 Å². The maximum absolute atomic E-state index is 14.0. The van der Waals surface area contributed by atoms with Gasteiger partial charge in [-0.15, -0.1) is 0 Å². The van der Waals surface area contributed by atoms with Crippen molar-refractivity contribution < 1.29 is 18.3 Å². The third-order valence-corrected chi connectivity index (χ3v) is 2.69. The summed E-state index contributed by atoms with van der Waals surface area (Å²) in [5, 5.41) is 9.04. The Bertz CT molecular complexity index is 406. The minimum Gasteiger partial charge on any atom is -0.387 e. The second-order valence-corrected chi connectivity index (χ2v) is 5.22. The van der Waals surface area contributed by atoms with Crippen molar-refractivity contribution in [3.05, 3.63) is 35.1 Å². The van der Waals surface area contributed by atoms with Crippen LogP contribution < -0.4 is 0 Å². The molecule has 4 heteroatoms. The number of halogens is 3. The first kappa shape index (κ1) is 14.0. The molecule has 1 rings (SSSR count). The molecule has 0 aromatic heterocycles. The van der Waals surface area contributed by atoms with Gasteiger partial charge in [0.15, 0.2) is 0 Å². The van der Waals surface area contributed by atoms with E-state index in [4.69, 9.17) is 5.11 Å². The van der Waals surface area contributed by atoms with Gasteiger partial charge in [0.05, 0.1) is 5.56 Å². The first-order valence-corrected chi connectivity index (χ1v) is 5.44. The lowest BCUT2D eigenvalue weighted by Gasteiger charge is -2.25. The van der Waals surface area contributed by atoms with Crippen molar-refractivity contribution >= 4 is 0 Å². The normalized spacial score (nSPS) is 14.8. The van der Waals surface area contributed by atoms with Crippen LogP contribution in [-0.2, 0) is 11.3 Å². The van der Waals surface area contributed by atoms with Crippen molar-refractivity contribution in [2.24, 2.45) is 0 Å². The summed E-state index contributed by atoms with van der Waals surface area (Å²) in [6.45, 7) is 6.18. The summed E-state index contributed by atoms with van der Waals surface area (Å²) in [4.78, 5) is 0. The fourth-order valence-corrected chi connectivity index (χ4v) is 1.59. The number of benzene rings is 1. The van der Waals surface area contributed by atoms with E-state index in [0.29, 0.717) is 0 Å². The lowest BCUT2D eigenvalue weighted by Crippen LogP contribution is -2.30. The summed E-state index contributed by atoms with van der Waals surface area (Å²) in [5.41, 5.74) is -1.09. The highest BCUT2D eigenvalue weighted by Gasteiger charge is 2.41. The predicted molar refractivity (Wildman–Crippen MR) is 60.7 cm³/mol. The molecule has 0 aliphatic carbocycles. The maximum Gasteiger partial charge on any atom is 0.301 e. The third-order valence-electron chi connectivity index (χ3n) is 2.69. The summed E-state index contributed by atoms with van der Waals surface area (Å²) in [5.74, 6) is -4.52. The summed E-state index contributed by atoms with van der Waals surface area (Å²) < 4.78 is 41.3. The van der Waals surface area contributed by atoms with E-state index in [1.807, 2.05) is 0 Å². The van der Waals surface area contributed by atoms with Gasteiger partial charge in [0.25, 0.3) is 0 Å². The van der Waals surface area contributed by atoms with Crippen molar-refractivity contribution in [2.75, 3.05) is 0 Å². The van der Waals surface area contributed by atoms with Gasteiger partial charge in [0, 0.05) is 0 Å². The van der Waals surface area contributed by atoms with Crippen LogP contribution in [0.5, 0.6) is 0 Å². The second-order valence-electron chi connectivity index (χ2n) is 5.22. The van der Waals surface area contributed by atoms with Crippen LogP contribution in [-0.4, -0.2) is 11.2 Å². The zero-order valence-electron chi connectivity index (χ0n) is 10.4. The predicted octanol–water partition coefficient (Wildman–Crippen LogP) is 3.60. The SMILES string of the molecule is C[C@@H](O)C(F)(F)c1cccc(C(C)(C)C)c1F. The van der Waals surface area contributed by atoms with Gasteiger partial charge < -0.3 is 5.11 Å². The number of hydrogen-bond donors (Lipinski definition) is 1. The van der Waals surface area contributed by atoms with E-state index in [0.717, 1.165) is 13.0 Å². The van der Waals surface area contributed by atoms with Crippen molar-refractivity contribution in [1.82, 2.24) is 0 Å². The molecule has 0 saturated carbocycles. The zero-order valence-corrected chi connectivity index (χ0v) is 10.4. The molecule has 0 fully saturated rings. The second kappa shape index (κ2) is 4.33. The Morgan fingerprint density at radius 2 is 1.59 bits per heavy atom. The Labute approximate surface area is 99.3 Å². The van der Waals surface area contributed by atoms with Crippen LogP contribution in [0.4, 0.5) is 13.2 Å². The molecule has 17 heavy (non-hydrogen) atoms. The Morgan fingerprint density at radius 3 is 2.00 bits per heavy atom. The summed E-state index contributed by atoms with van der Waals surface area (Å²) >= 11 is 0. The fourth-order valence-electron chi connectivity index (χ4n) is 1.59. The molecule has 1 nitrogen and oxygen atoms in total. The third kappa shape index (κ3) is 2.63. The van der Waals surface area contributed by atoms with E-state index in [1.54, 1.807) is 20.8 Å². The molecular weight excluding hydrogens is 229 g/mol. The summed E-state index contributed by atoms with van der Waals surface area (Å²) in [6, 6.07) is 3.88. The number of aliphatic hydroxyl groups is 1. The van der Waals surface area contributed by atoms with E-state index in [2.05, 4.69) is 0 Å². The molecule has 0 aliphatic rings. The summed E-state index contributed by atoms with van der Waals surface area (Å²) in [7, 11) is 0. The van der Waals surface area contributed by atoms with Crippen molar-refractivity contribution in [1.29, 1.82) is 0 Å². The van der Waals surface area contributed by atoms with Gasteiger partial charge in [0.2, 0.25) is 0 Å². The molecule has 0 spiro atoms. The minimum absolute atomic E-state index is 0.218. The van der Waals surface area contributed by atoms with Gasteiger partial charge in [-0.1, -0.05) is 32.9 Å². The summed E-state index contributed by atoms with van der Waals surface area (Å²) in [6.07, 6.45) is -1.92. The highest BCUT2D eigenvalue weighted by atomic mass is 19.3. The molecule has 1 atom stereocenters. The van der Waals surface area contributed by atoms with Crippen molar-refractivity contribution in [3.8, 4) is 0 Å². The topological polar surface area (TPSA) is 20.2 Å². The Morgan fingerprint density at radius 1 is 1.12 bits per heavy atom. The zero-order chi connectivity index (χ0) is 13.4. The van der Waals surface area contributed by atoms with Crippen LogP contribution in [0.2, 0.25) is 0 Å². The monoisotopic (exact) mass is 246 g/mol. The van der Waals surface area contributed by atoms with Crippen LogP contribution in [0.25, 0.3) is 0 Å². The molecule has 96 valence electrons. The minimum atomic E-state index is -3.58. The van der Waals surface area contributed by atoms with Gasteiger partial charge in [-0.05, 0) is 24.0 Å². The van der Waals surface area contributed by atoms with Gasteiger partial charge in [0.1, 0.15) is 11.9 Å². The highest BCUT2D eigenvalue weighted by molar-refractivity contribution is 5.33. The van der Waals surface area contributed by atoms with Gasteiger partial charge in [-0.25, -0.2) is 4.39 Å². The standard InChI is InChI=1S/C13H17F3O/c1-8(17)13(15,16)10-7-5-6-9(11(10)14)12(2,3)4/h5-8,17H,1-4H3/t8-/m1/s1. The highest BCUT2D eigenvalue weighted by Crippen LogP contribution is 2.37. The molecule has 1 aromatic carbocycles. The van der Waals surface area contributed by atoms with Gasteiger partial charge in [-0.2, -0.15) is 8.78 Å². The Hall–Kier alpha value is -1.03. The van der Waals surface area contributed by atoms with Crippen molar-refractivity contribution in [3.63, 3.8) is 0 Å². The molecule has 0 radical (unpaired) electrons. The largest absolute Gasteiger partial charge is 0.387 e. The maximum atomic E-state index is 14.0. The van der Waals surface area contributed by atoms with Crippen LogP contribution in [0, 0.1) is 5.82 Å². The molecule has 1 N–H and O–H groups in total. The van der Waals surface area contributed by atoms with E-state index in [1.165, 1.54) is 12.1 Å². The molecule has 0 bridgehead atoms. The quantitative estimate of drug-likeness (QED) is 0.845. The van der Waals surface area contributed by atoms with E-state index in [9.17, 15) is 13.2 Å². The van der Waals surface area contributed by atoms with Crippen LogP contribution in [0.3, 0.4) is 0 Å². The van der Waals surface area contributed by atoms with Crippen LogP contribution in [0.1, 0.15) is 38.8 Å². The van der Waals surface area contributed by atoms with Gasteiger partial charge in [-0.3, -0.25) is 0 Å². The van der Waals surface area contributed by atoms with Gasteiger partial charge >= 0.3 is 5.92 Å².